The van der Waals surface area contributed by atoms with Crippen molar-refractivity contribution in [2.24, 2.45) is 5.10 Å². The third-order valence-corrected chi connectivity index (χ3v) is 2.07. The van der Waals surface area contributed by atoms with E-state index in [9.17, 15) is 4.79 Å². The fourth-order valence-corrected chi connectivity index (χ4v) is 1.15. The molecule has 0 spiro atoms. The summed E-state index contributed by atoms with van der Waals surface area (Å²) < 4.78 is 4.98. The fraction of sp³-hybridized carbons (Fsp3) is 0.231. The first kappa shape index (κ1) is 14.2. The van der Waals surface area contributed by atoms with E-state index in [1.165, 1.54) is 0 Å². The average Bonchev–Trinajstić information content (AvgIpc) is 2.46. The van der Waals surface area contributed by atoms with Crippen LogP contribution >= 0.6 is 0 Å². The number of nitrogens with zero attached hydrogens (tertiary/aromatic N) is 3. The Bertz CT molecular complexity index is 533. The van der Waals surface area contributed by atoms with Gasteiger partial charge in [0.05, 0.1) is 17.9 Å². The molecule has 0 radical (unpaired) electrons. The van der Waals surface area contributed by atoms with Gasteiger partial charge in [-0.1, -0.05) is 6.92 Å². The Morgan fingerprint density at radius 1 is 1.32 bits per heavy atom. The quantitative estimate of drug-likeness (QED) is 0.494. The van der Waals surface area contributed by atoms with Crippen molar-refractivity contribution in [1.82, 2.24) is 0 Å². The van der Waals surface area contributed by atoms with Crippen LogP contribution in [0.3, 0.4) is 0 Å². The van der Waals surface area contributed by atoms with Crippen LogP contribution in [0.5, 0.6) is 0 Å². The Labute approximate surface area is 110 Å². The highest BCUT2D eigenvalue weighted by atomic mass is 16.5. The Morgan fingerprint density at radius 2 is 1.95 bits per heavy atom. The van der Waals surface area contributed by atoms with Gasteiger partial charge in [-0.25, -0.2) is 4.79 Å². The van der Waals surface area contributed by atoms with Crippen LogP contribution in [-0.4, -0.2) is 18.3 Å². The topological polar surface area (TPSA) is 98.3 Å². The van der Waals surface area contributed by atoms with Gasteiger partial charge in [0.1, 0.15) is 12.1 Å². The van der Waals surface area contributed by atoms with Crippen molar-refractivity contribution in [3.63, 3.8) is 0 Å². The highest BCUT2D eigenvalue weighted by molar-refractivity contribution is 6.10. The summed E-state index contributed by atoms with van der Waals surface area (Å²) >= 11 is 0. The van der Waals surface area contributed by atoms with Crippen LogP contribution in [0.4, 0.5) is 5.69 Å². The molecule has 0 aromatic heterocycles. The highest BCUT2D eigenvalue weighted by Gasteiger charge is 2.05. The molecule has 0 unspecified atom stereocenters. The van der Waals surface area contributed by atoms with Crippen LogP contribution in [-0.2, 0) is 4.74 Å². The van der Waals surface area contributed by atoms with Gasteiger partial charge in [0.25, 0.3) is 0 Å². The van der Waals surface area contributed by atoms with E-state index in [0.717, 1.165) is 6.42 Å². The number of benzene rings is 1. The molecule has 96 valence electrons. The second-order valence-corrected chi connectivity index (χ2v) is 3.51. The summed E-state index contributed by atoms with van der Waals surface area (Å²) in [6.07, 6.45) is 0.769. The summed E-state index contributed by atoms with van der Waals surface area (Å²) in [7, 11) is 0. The van der Waals surface area contributed by atoms with E-state index in [4.69, 9.17) is 15.3 Å². The molecule has 0 aliphatic rings. The second-order valence-electron chi connectivity index (χ2n) is 3.51. The maximum absolute atomic E-state index is 11.5. The number of anilines is 1. The first-order chi connectivity index (χ1) is 9.21. The summed E-state index contributed by atoms with van der Waals surface area (Å²) in [6, 6.07) is 9.63. The van der Waals surface area contributed by atoms with Crippen LogP contribution < -0.4 is 5.43 Å². The first-order valence-corrected chi connectivity index (χ1v) is 5.62. The van der Waals surface area contributed by atoms with Gasteiger partial charge in [-0.05, 0) is 30.7 Å². The number of hydrazone groups is 1. The van der Waals surface area contributed by atoms with Crippen molar-refractivity contribution in [3.05, 3.63) is 29.8 Å². The molecular weight excluding hydrogens is 244 g/mol. The average molecular weight is 256 g/mol. The third kappa shape index (κ3) is 4.49. The lowest BCUT2D eigenvalue weighted by Crippen LogP contribution is -2.05. The maximum atomic E-state index is 11.5. The summed E-state index contributed by atoms with van der Waals surface area (Å²) in [4.78, 5) is 11.5. The molecule has 0 aliphatic carbocycles. The van der Waals surface area contributed by atoms with Crippen molar-refractivity contribution < 1.29 is 9.53 Å². The van der Waals surface area contributed by atoms with Crippen molar-refractivity contribution in [3.8, 4) is 12.1 Å². The van der Waals surface area contributed by atoms with Gasteiger partial charge >= 0.3 is 5.97 Å². The van der Waals surface area contributed by atoms with Crippen LogP contribution in [0.1, 0.15) is 23.7 Å². The van der Waals surface area contributed by atoms with Gasteiger partial charge in [0.15, 0.2) is 0 Å². The number of rotatable bonds is 5. The maximum Gasteiger partial charge on any atom is 0.338 e. The van der Waals surface area contributed by atoms with Crippen molar-refractivity contribution in [2.45, 2.75) is 13.3 Å². The minimum absolute atomic E-state index is 0.272. The van der Waals surface area contributed by atoms with Gasteiger partial charge in [0, 0.05) is 0 Å². The van der Waals surface area contributed by atoms with E-state index in [1.54, 1.807) is 36.4 Å². The molecule has 1 rings (SSSR count). The molecular formula is C13H12N4O2. The lowest BCUT2D eigenvalue weighted by atomic mass is 10.2. The smallest absolute Gasteiger partial charge is 0.338 e. The van der Waals surface area contributed by atoms with Crippen LogP contribution in [0.2, 0.25) is 0 Å². The molecule has 6 heteroatoms. The molecule has 0 atom stereocenters. The summed E-state index contributed by atoms with van der Waals surface area (Å²) in [5.41, 5.74) is 3.27. The molecule has 1 N–H and O–H groups in total. The Kier molecular flexibility index (Phi) is 5.58. The Morgan fingerprint density at radius 3 is 2.47 bits per heavy atom. The second kappa shape index (κ2) is 7.46. The number of nitrogens with one attached hydrogen (secondary N) is 1. The number of carbonyl (C=O) groups is 1. The number of esters is 1. The lowest BCUT2D eigenvalue weighted by molar-refractivity contribution is 0.0505. The van der Waals surface area contributed by atoms with Crippen LogP contribution in [0.25, 0.3) is 0 Å². The predicted octanol–water partition coefficient (Wildman–Crippen LogP) is 2.07. The van der Waals surface area contributed by atoms with E-state index in [-0.39, 0.29) is 11.7 Å². The zero-order valence-electron chi connectivity index (χ0n) is 10.4. The van der Waals surface area contributed by atoms with E-state index in [2.05, 4.69) is 10.5 Å². The SMILES string of the molecule is CCCOC(=O)c1ccc(NN=C(C#N)C#N)cc1. The normalized spacial score (nSPS) is 8.79. The highest BCUT2D eigenvalue weighted by Crippen LogP contribution is 2.10. The van der Waals surface area contributed by atoms with Gasteiger partial charge in [-0.3, -0.25) is 5.43 Å². The number of carbonyl (C=O) groups excluding carboxylic acids is 1. The molecule has 1 aromatic rings. The summed E-state index contributed by atoms with van der Waals surface area (Å²) in [5, 5.41) is 20.6. The van der Waals surface area contributed by atoms with Crippen LogP contribution in [0, 0.1) is 22.7 Å². The Hall–Kier alpha value is -2.86. The standard InChI is InChI=1S/C13H12N4O2/c1-2-7-19-13(18)10-3-5-11(6-4-10)16-17-12(8-14)9-15/h3-6,16H,2,7H2,1H3. The fourth-order valence-electron chi connectivity index (χ4n) is 1.15. The lowest BCUT2D eigenvalue weighted by Gasteiger charge is -2.04. The molecule has 0 heterocycles. The molecule has 0 fully saturated rings. The zero-order valence-corrected chi connectivity index (χ0v) is 10.4. The molecule has 0 aliphatic heterocycles. The van der Waals surface area contributed by atoms with Crippen LogP contribution in [0.15, 0.2) is 29.4 Å². The minimum atomic E-state index is -0.383. The van der Waals surface area contributed by atoms with E-state index >= 15 is 0 Å². The predicted molar refractivity (Wildman–Crippen MR) is 69.3 cm³/mol. The number of hydrogen-bond acceptors (Lipinski definition) is 6. The molecule has 1 aromatic carbocycles. The summed E-state index contributed by atoms with van der Waals surface area (Å²) in [5.74, 6) is -0.383. The first-order valence-electron chi connectivity index (χ1n) is 5.62. The Balaban J connectivity index is 2.67. The summed E-state index contributed by atoms with van der Waals surface area (Å²) in [6.45, 7) is 2.30. The monoisotopic (exact) mass is 256 g/mol. The van der Waals surface area contributed by atoms with E-state index in [0.29, 0.717) is 17.9 Å². The van der Waals surface area contributed by atoms with Gasteiger partial charge in [-0.15, -0.1) is 0 Å². The zero-order chi connectivity index (χ0) is 14.1. The molecule has 0 amide bonds. The van der Waals surface area contributed by atoms with Crippen molar-refractivity contribution in [2.75, 3.05) is 12.0 Å². The largest absolute Gasteiger partial charge is 0.462 e. The molecule has 19 heavy (non-hydrogen) atoms. The van der Waals surface area contributed by atoms with Crippen molar-refractivity contribution >= 4 is 17.4 Å². The molecule has 0 saturated heterocycles. The number of ether oxygens (including phenoxy) is 1. The van der Waals surface area contributed by atoms with E-state index < -0.39 is 0 Å². The van der Waals surface area contributed by atoms with Gasteiger partial charge in [-0.2, -0.15) is 15.6 Å². The van der Waals surface area contributed by atoms with Gasteiger partial charge < -0.3 is 4.74 Å². The minimum Gasteiger partial charge on any atom is -0.462 e. The van der Waals surface area contributed by atoms with Crippen molar-refractivity contribution in [1.29, 1.82) is 10.5 Å². The molecule has 0 bridgehead atoms. The number of hydrogen-bond donors (Lipinski definition) is 1. The molecule has 6 nitrogen and oxygen atoms in total. The third-order valence-electron chi connectivity index (χ3n) is 2.07. The van der Waals surface area contributed by atoms with E-state index in [1.807, 2.05) is 6.92 Å². The number of nitriles is 2. The van der Waals surface area contributed by atoms with Gasteiger partial charge in [0.2, 0.25) is 5.71 Å². The molecule has 0 saturated carbocycles.